The van der Waals surface area contributed by atoms with Crippen LogP contribution < -0.4 is 0 Å². The predicted octanol–water partition coefficient (Wildman–Crippen LogP) is 2.08. The Hall–Kier alpha value is -0.940. The lowest BCUT2D eigenvalue weighted by Crippen LogP contribution is -2.24. The largest absolute Gasteiger partial charge is 0.469 e. The molecule has 0 aromatic carbocycles. The lowest BCUT2D eigenvalue weighted by atomic mass is 9.90. The molecule has 5 nitrogen and oxygen atoms in total. The molecule has 0 amide bonds. The lowest BCUT2D eigenvalue weighted by Gasteiger charge is -2.18. The molecule has 1 heterocycles. The van der Waals surface area contributed by atoms with Gasteiger partial charge in [-0.05, 0) is 33.1 Å². The summed E-state index contributed by atoms with van der Waals surface area (Å²) in [5, 5.41) is 0. The van der Waals surface area contributed by atoms with Gasteiger partial charge in [-0.15, -0.1) is 0 Å². The topological polar surface area (TPSA) is 61.8 Å². The molecule has 2 unspecified atom stereocenters. The van der Waals surface area contributed by atoms with Crippen LogP contribution in [-0.2, 0) is 23.8 Å². The van der Waals surface area contributed by atoms with E-state index in [9.17, 15) is 9.59 Å². The quantitative estimate of drug-likeness (QED) is 0.723. The molecular formula is C15H24O5. The molecule has 3 atom stereocenters. The summed E-state index contributed by atoms with van der Waals surface area (Å²) in [4.78, 5) is 23.5. The second-order valence-electron chi connectivity index (χ2n) is 6.12. The molecule has 20 heavy (non-hydrogen) atoms. The highest BCUT2D eigenvalue weighted by molar-refractivity contribution is 5.90. The minimum absolute atomic E-state index is 0.0954. The van der Waals surface area contributed by atoms with Gasteiger partial charge in [0, 0.05) is 12.3 Å². The average Bonchev–Trinajstić information content (AvgIpc) is 2.93. The SMILES string of the molecule is COC(=O)C1CCC(=O)[C@H]1CCCC1COC(C)(C)O1. The number of carbonyl (C=O) groups excluding carboxylic acids is 2. The van der Waals surface area contributed by atoms with E-state index in [1.165, 1.54) is 7.11 Å². The van der Waals surface area contributed by atoms with Gasteiger partial charge < -0.3 is 14.2 Å². The van der Waals surface area contributed by atoms with Crippen molar-refractivity contribution in [3.05, 3.63) is 0 Å². The normalized spacial score (nSPS) is 32.5. The molecule has 5 heteroatoms. The van der Waals surface area contributed by atoms with Crippen molar-refractivity contribution in [2.75, 3.05) is 13.7 Å². The van der Waals surface area contributed by atoms with Gasteiger partial charge in [0.25, 0.3) is 0 Å². The van der Waals surface area contributed by atoms with Crippen LogP contribution in [-0.4, -0.2) is 37.4 Å². The Morgan fingerprint density at radius 2 is 2.15 bits per heavy atom. The van der Waals surface area contributed by atoms with Crippen molar-refractivity contribution in [2.24, 2.45) is 11.8 Å². The molecule has 0 aromatic heterocycles. The first-order valence-corrected chi connectivity index (χ1v) is 7.35. The van der Waals surface area contributed by atoms with E-state index < -0.39 is 5.79 Å². The maximum Gasteiger partial charge on any atom is 0.309 e. The number of Topliss-reactive ketones (excluding diaryl/α,β-unsaturated/α-hetero) is 1. The summed E-state index contributed by atoms with van der Waals surface area (Å²) >= 11 is 0. The third kappa shape index (κ3) is 3.58. The minimum atomic E-state index is -0.498. The van der Waals surface area contributed by atoms with Crippen LogP contribution >= 0.6 is 0 Å². The zero-order valence-electron chi connectivity index (χ0n) is 12.5. The van der Waals surface area contributed by atoms with E-state index in [0.717, 1.165) is 19.3 Å². The van der Waals surface area contributed by atoms with Crippen molar-refractivity contribution in [3.8, 4) is 0 Å². The molecule has 2 fully saturated rings. The van der Waals surface area contributed by atoms with E-state index in [1.54, 1.807) is 0 Å². The number of methoxy groups -OCH3 is 1. The van der Waals surface area contributed by atoms with Crippen molar-refractivity contribution in [1.82, 2.24) is 0 Å². The van der Waals surface area contributed by atoms with Crippen molar-refractivity contribution in [1.29, 1.82) is 0 Å². The van der Waals surface area contributed by atoms with E-state index in [2.05, 4.69) is 0 Å². The first-order chi connectivity index (χ1) is 9.43. The zero-order valence-corrected chi connectivity index (χ0v) is 12.5. The maximum atomic E-state index is 11.9. The number of esters is 1. The summed E-state index contributed by atoms with van der Waals surface area (Å²) in [6.07, 6.45) is 3.69. The summed E-state index contributed by atoms with van der Waals surface area (Å²) in [6, 6.07) is 0. The van der Waals surface area contributed by atoms with Gasteiger partial charge in [0.2, 0.25) is 0 Å². The molecule has 0 radical (unpaired) electrons. The highest BCUT2D eigenvalue weighted by Crippen LogP contribution is 2.34. The van der Waals surface area contributed by atoms with Gasteiger partial charge in [-0.1, -0.05) is 6.42 Å². The van der Waals surface area contributed by atoms with Gasteiger partial charge in [-0.25, -0.2) is 0 Å². The molecule has 2 aliphatic rings. The molecule has 114 valence electrons. The summed E-state index contributed by atoms with van der Waals surface area (Å²) in [5.74, 6) is -0.961. The number of hydrogen-bond donors (Lipinski definition) is 0. The molecule has 0 spiro atoms. The molecule has 0 N–H and O–H groups in total. The standard InChI is InChI=1S/C15H24O5/c1-15(2)19-9-10(20-15)5-4-6-11-12(14(17)18-3)7-8-13(11)16/h10-12H,4-9H2,1-3H3/t10?,11-,12?/m0/s1. The Balaban J connectivity index is 1.78. The Labute approximate surface area is 120 Å². The Kier molecular flexibility index (Phi) is 4.81. The molecule has 1 aliphatic carbocycles. The summed E-state index contributed by atoms with van der Waals surface area (Å²) < 4.78 is 16.0. The molecule has 2 rings (SSSR count). The molecular weight excluding hydrogens is 260 g/mol. The number of carbonyl (C=O) groups is 2. The number of hydrogen-bond acceptors (Lipinski definition) is 5. The Morgan fingerprint density at radius 1 is 1.40 bits per heavy atom. The molecule has 1 saturated carbocycles. The van der Waals surface area contributed by atoms with Crippen LogP contribution in [0.1, 0.15) is 46.0 Å². The van der Waals surface area contributed by atoms with Gasteiger partial charge >= 0.3 is 5.97 Å². The van der Waals surface area contributed by atoms with E-state index >= 15 is 0 Å². The molecule has 0 aromatic rings. The first kappa shape index (κ1) is 15.4. The van der Waals surface area contributed by atoms with Crippen LogP contribution in [0.25, 0.3) is 0 Å². The first-order valence-electron chi connectivity index (χ1n) is 7.35. The van der Waals surface area contributed by atoms with Gasteiger partial charge in [0.1, 0.15) is 5.78 Å². The second kappa shape index (κ2) is 6.22. The monoisotopic (exact) mass is 284 g/mol. The third-order valence-corrected chi connectivity index (χ3v) is 4.21. The third-order valence-electron chi connectivity index (χ3n) is 4.21. The van der Waals surface area contributed by atoms with Crippen molar-refractivity contribution < 1.29 is 23.8 Å². The van der Waals surface area contributed by atoms with Crippen LogP contribution in [0, 0.1) is 11.8 Å². The highest BCUT2D eigenvalue weighted by Gasteiger charge is 2.40. The van der Waals surface area contributed by atoms with Crippen molar-refractivity contribution in [3.63, 3.8) is 0 Å². The van der Waals surface area contributed by atoms with E-state index in [0.29, 0.717) is 19.4 Å². The Bertz CT molecular complexity index is 376. The second-order valence-corrected chi connectivity index (χ2v) is 6.12. The molecule has 1 aliphatic heterocycles. The van der Waals surface area contributed by atoms with Crippen LogP contribution in [0.15, 0.2) is 0 Å². The number of rotatable bonds is 5. The van der Waals surface area contributed by atoms with E-state index in [-0.39, 0.29) is 29.7 Å². The number of ether oxygens (including phenoxy) is 3. The van der Waals surface area contributed by atoms with Gasteiger partial charge in [0.05, 0.1) is 25.7 Å². The fourth-order valence-corrected chi connectivity index (χ4v) is 3.18. The summed E-state index contributed by atoms with van der Waals surface area (Å²) in [6.45, 7) is 4.41. The highest BCUT2D eigenvalue weighted by atomic mass is 16.7. The maximum absolute atomic E-state index is 11.9. The minimum Gasteiger partial charge on any atom is -0.469 e. The van der Waals surface area contributed by atoms with Crippen LogP contribution in [0.2, 0.25) is 0 Å². The predicted molar refractivity (Wildman–Crippen MR) is 72.0 cm³/mol. The average molecular weight is 284 g/mol. The Morgan fingerprint density at radius 3 is 2.75 bits per heavy atom. The van der Waals surface area contributed by atoms with Crippen LogP contribution in [0.5, 0.6) is 0 Å². The van der Waals surface area contributed by atoms with Crippen molar-refractivity contribution >= 4 is 11.8 Å². The fourth-order valence-electron chi connectivity index (χ4n) is 3.18. The smallest absolute Gasteiger partial charge is 0.309 e. The fraction of sp³-hybridized carbons (Fsp3) is 0.867. The molecule has 0 bridgehead atoms. The van der Waals surface area contributed by atoms with Crippen LogP contribution in [0.3, 0.4) is 0 Å². The van der Waals surface area contributed by atoms with Gasteiger partial charge in [-0.2, -0.15) is 0 Å². The summed E-state index contributed by atoms with van der Waals surface area (Å²) in [7, 11) is 1.38. The van der Waals surface area contributed by atoms with Gasteiger partial charge in [-0.3, -0.25) is 9.59 Å². The van der Waals surface area contributed by atoms with Gasteiger partial charge in [0.15, 0.2) is 5.79 Å². The number of ketones is 1. The van der Waals surface area contributed by atoms with Crippen LogP contribution in [0.4, 0.5) is 0 Å². The molecule has 1 saturated heterocycles. The van der Waals surface area contributed by atoms with E-state index in [1.807, 2.05) is 13.8 Å². The summed E-state index contributed by atoms with van der Waals surface area (Å²) in [5.41, 5.74) is 0. The van der Waals surface area contributed by atoms with Crippen molar-refractivity contribution in [2.45, 2.75) is 57.8 Å². The zero-order chi connectivity index (χ0) is 14.8. The lowest BCUT2D eigenvalue weighted by molar-refractivity contribution is -0.148. The van der Waals surface area contributed by atoms with E-state index in [4.69, 9.17) is 14.2 Å².